The summed E-state index contributed by atoms with van der Waals surface area (Å²) in [6, 6.07) is 11.7. The van der Waals surface area contributed by atoms with Crippen LogP contribution in [0, 0.1) is 20.2 Å². The number of non-ortho nitro benzene ring substituents is 2. The first-order valence-corrected chi connectivity index (χ1v) is 9.06. The lowest BCUT2D eigenvalue weighted by atomic mass is 10.2. The maximum Gasteiger partial charge on any atom is 0.269 e. The number of nitro groups is 2. The van der Waals surface area contributed by atoms with Gasteiger partial charge in [0.1, 0.15) is 4.32 Å². The molecule has 11 heteroatoms. The highest BCUT2D eigenvalue weighted by Gasteiger charge is 2.31. The number of benzene rings is 2. The van der Waals surface area contributed by atoms with Crippen molar-refractivity contribution in [3.8, 4) is 0 Å². The molecule has 1 N–H and O–H groups in total. The maximum atomic E-state index is 12.6. The molecule has 1 fully saturated rings. The van der Waals surface area contributed by atoms with Crippen LogP contribution in [-0.4, -0.2) is 31.6 Å². The summed E-state index contributed by atoms with van der Waals surface area (Å²) in [6.07, 6.45) is 1.62. The molecule has 2 aromatic carbocycles. The molecule has 0 saturated carbocycles. The molecule has 2 aromatic rings. The Bertz CT molecular complexity index is 990. The van der Waals surface area contributed by atoms with Crippen LogP contribution in [0.15, 0.2) is 53.4 Å². The smallest absolute Gasteiger partial charge is 0.269 e. The molecule has 0 aromatic heterocycles. The number of nitro benzene ring substituents is 2. The highest BCUT2D eigenvalue weighted by molar-refractivity contribution is 8.26. The maximum absolute atomic E-state index is 12.6. The summed E-state index contributed by atoms with van der Waals surface area (Å²) in [6.45, 7) is 0.111. The highest BCUT2D eigenvalue weighted by atomic mass is 32.2. The van der Waals surface area contributed by atoms with Crippen LogP contribution in [0.25, 0.3) is 6.08 Å². The van der Waals surface area contributed by atoms with Crippen LogP contribution in [0.2, 0.25) is 0 Å². The van der Waals surface area contributed by atoms with Gasteiger partial charge in [-0.2, -0.15) is 0 Å². The van der Waals surface area contributed by atoms with Crippen molar-refractivity contribution in [1.82, 2.24) is 4.90 Å². The SMILES string of the molecule is O=C1/C(=C\c2ccc([N+](=O)[O-])cc2)SC(=S)N1CNc1ccc([N+](=O)[O-])cc1. The Morgan fingerprint density at radius 2 is 1.54 bits per heavy atom. The Morgan fingerprint density at radius 3 is 2.07 bits per heavy atom. The summed E-state index contributed by atoms with van der Waals surface area (Å²) in [7, 11) is 0. The number of carbonyl (C=O) groups is 1. The van der Waals surface area contributed by atoms with Gasteiger partial charge >= 0.3 is 0 Å². The first-order chi connectivity index (χ1) is 13.3. The van der Waals surface area contributed by atoms with Crippen molar-refractivity contribution in [2.75, 3.05) is 12.0 Å². The molecule has 1 heterocycles. The summed E-state index contributed by atoms with van der Waals surface area (Å²) in [5, 5.41) is 24.4. The fourth-order valence-corrected chi connectivity index (χ4v) is 3.61. The number of thiocarbonyl (C=S) groups is 1. The van der Waals surface area contributed by atoms with Crippen LogP contribution in [-0.2, 0) is 4.79 Å². The summed E-state index contributed by atoms with van der Waals surface area (Å²) >= 11 is 6.38. The van der Waals surface area contributed by atoms with Crippen molar-refractivity contribution >= 4 is 57.3 Å². The quantitative estimate of drug-likeness (QED) is 0.327. The molecule has 142 valence electrons. The molecule has 1 amide bonds. The molecule has 0 unspecified atom stereocenters. The third-order valence-electron chi connectivity index (χ3n) is 3.79. The second kappa shape index (κ2) is 8.15. The van der Waals surface area contributed by atoms with Crippen LogP contribution < -0.4 is 5.32 Å². The van der Waals surface area contributed by atoms with Gasteiger partial charge in [-0.25, -0.2) is 0 Å². The number of rotatable bonds is 6. The molecular formula is C17H12N4O5S2. The normalized spacial score (nSPS) is 15.1. The predicted octanol–water partition coefficient (Wildman–Crippen LogP) is 3.77. The fourth-order valence-electron chi connectivity index (χ4n) is 2.35. The van der Waals surface area contributed by atoms with E-state index in [4.69, 9.17) is 12.2 Å². The van der Waals surface area contributed by atoms with E-state index in [9.17, 15) is 25.0 Å². The van der Waals surface area contributed by atoms with Crippen molar-refractivity contribution in [1.29, 1.82) is 0 Å². The first kappa shape index (κ1) is 19.5. The van der Waals surface area contributed by atoms with E-state index in [1.807, 2.05) is 0 Å². The van der Waals surface area contributed by atoms with Crippen molar-refractivity contribution in [3.63, 3.8) is 0 Å². The summed E-state index contributed by atoms with van der Waals surface area (Å²) in [5.74, 6) is -0.289. The van der Waals surface area contributed by atoms with E-state index < -0.39 is 9.85 Å². The standard InChI is InChI=1S/C17H12N4O5S2/c22-16-15(9-11-1-5-13(6-2-11)20(23)24)28-17(27)19(16)10-18-12-3-7-14(8-4-12)21(25)26/h1-9,18H,10H2/b15-9+. The van der Waals surface area contributed by atoms with Gasteiger partial charge in [-0.05, 0) is 35.9 Å². The highest BCUT2D eigenvalue weighted by Crippen LogP contribution is 2.32. The summed E-state index contributed by atoms with van der Waals surface area (Å²) < 4.78 is 0.368. The lowest BCUT2D eigenvalue weighted by molar-refractivity contribution is -0.385. The predicted molar refractivity (Wildman–Crippen MR) is 110 cm³/mol. The van der Waals surface area contributed by atoms with Gasteiger partial charge in [-0.3, -0.25) is 29.9 Å². The summed E-state index contributed by atoms with van der Waals surface area (Å²) in [4.78, 5) is 34.7. The second-order valence-corrected chi connectivity index (χ2v) is 7.27. The van der Waals surface area contributed by atoms with E-state index >= 15 is 0 Å². The molecule has 28 heavy (non-hydrogen) atoms. The molecular weight excluding hydrogens is 404 g/mol. The van der Waals surface area contributed by atoms with Crippen molar-refractivity contribution in [2.45, 2.75) is 0 Å². The molecule has 0 radical (unpaired) electrons. The van der Waals surface area contributed by atoms with Crippen LogP contribution >= 0.6 is 24.0 Å². The van der Waals surface area contributed by atoms with Gasteiger partial charge in [0.15, 0.2) is 0 Å². The number of amides is 1. The molecule has 1 aliphatic heterocycles. The molecule has 1 aliphatic rings. The molecule has 0 atom stereocenters. The van der Waals surface area contributed by atoms with Crippen molar-refractivity contribution in [3.05, 3.63) is 79.2 Å². The van der Waals surface area contributed by atoms with Crippen LogP contribution in [0.3, 0.4) is 0 Å². The Kier molecular flexibility index (Phi) is 5.66. The lowest BCUT2D eigenvalue weighted by Gasteiger charge is -2.16. The van der Waals surface area contributed by atoms with Crippen LogP contribution in [0.5, 0.6) is 0 Å². The third-order valence-corrected chi connectivity index (χ3v) is 5.17. The zero-order valence-electron chi connectivity index (χ0n) is 14.1. The third kappa shape index (κ3) is 4.32. The average molecular weight is 416 g/mol. The summed E-state index contributed by atoms with van der Waals surface area (Å²) in [5.41, 5.74) is 1.20. The van der Waals surface area contributed by atoms with E-state index in [2.05, 4.69) is 5.32 Å². The number of hydrogen-bond acceptors (Lipinski definition) is 8. The van der Waals surface area contributed by atoms with Crippen molar-refractivity contribution in [2.24, 2.45) is 0 Å². The number of nitrogens with zero attached hydrogens (tertiary/aromatic N) is 3. The van der Waals surface area contributed by atoms with E-state index in [0.29, 0.717) is 20.5 Å². The van der Waals surface area contributed by atoms with Crippen LogP contribution in [0.4, 0.5) is 17.1 Å². The number of anilines is 1. The van der Waals surface area contributed by atoms with Gasteiger partial charge in [0, 0.05) is 30.0 Å². The minimum atomic E-state index is -0.493. The van der Waals surface area contributed by atoms with E-state index in [1.54, 1.807) is 30.3 Å². The lowest BCUT2D eigenvalue weighted by Crippen LogP contribution is -2.33. The van der Waals surface area contributed by atoms with Gasteiger partial charge in [0.25, 0.3) is 17.3 Å². The molecule has 9 nitrogen and oxygen atoms in total. The number of carbonyl (C=O) groups excluding carboxylic acids is 1. The number of nitrogens with one attached hydrogen (secondary N) is 1. The molecule has 0 spiro atoms. The molecule has 1 saturated heterocycles. The molecule has 3 rings (SSSR count). The van der Waals surface area contributed by atoms with Gasteiger partial charge in [-0.15, -0.1) is 0 Å². The second-order valence-electron chi connectivity index (χ2n) is 5.60. The molecule has 0 aliphatic carbocycles. The number of thioether (sulfide) groups is 1. The fraction of sp³-hybridized carbons (Fsp3) is 0.0588. The number of hydrogen-bond donors (Lipinski definition) is 1. The van der Waals surface area contributed by atoms with Gasteiger partial charge in [0.05, 0.1) is 21.4 Å². The zero-order valence-corrected chi connectivity index (χ0v) is 15.7. The monoisotopic (exact) mass is 416 g/mol. The van der Waals surface area contributed by atoms with Gasteiger partial charge in [-0.1, -0.05) is 24.0 Å². The van der Waals surface area contributed by atoms with E-state index in [1.165, 1.54) is 29.2 Å². The van der Waals surface area contributed by atoms with Gasteiger partial charge < -0.3 is 5.32 Å². The zero-order chi connectivity index (χ0) is 20.3. The minimum absolute atomic E-state index is 0.0257. The van der Waals surface area contributed by atoms with Gasteiger partial charge in [0.2, 0.25) is 0 Å². The van der Waals surface area contributed by atoms with Crippen LogP contribution in [0.1, 0.15) is 5.56 Å². The Labute approximate surface area is 168 Å². The Morgan fingerprint density at radius 1 is 1.00 bits per heavy atom. The Hall–Kier alpha value is -3.31. The topological polar surface area (TPSA) is 119 Å². The molecule has 0 bridgehead atoms. The minimum Gasteiger partial charge on any atom is -0.367 e. The largest absolute Gasteiger partial charge is 0.367 e. The first-order valence-electron chi connectivity index (χ1n) is 7.83. The Balaban J connectivity index is 1.67. The van der Waals surface area contributed by atoms with E-state index in [-0.39, 0.29) is 24.0 Å². The average Bonchev–Trinajstić information content (AvgIpc) is 2.94. The van der Waals surface area contributed by atoms with E-state index in [0.717, 1.165) is 11.8 Å². The van der Waals surface area contributed by atoms with Crippen molar-refractivity contribution < 1.29 is 14.6 Å².